The van der Waals surface area contributed by atoms with Gasteiger partial charge >= 0.3 is 11.7 Å². The van der Waals surface area contributed by atoms with Crippen LogP contribution in [0.4, 0.5) is 0 Å². The fraction of sp³-hybridized carbons (Fsp3) is 0.286. The number of rotatable bonds is 5. The van der Waals surface area contributed by atoms with Gasteiger partial charge in [0.1, 0.15) is 0 Å². The van der Waals surface area contributed by atoms with Crippen LogP contribution in [0.2, 0.25) is 0 Å². The molecule has 2 heterocycles. The van der Waals surface area contributed by atoms with Crippen molar-refractivity contribution in [2.24, 2.45) is 0 Å². The maximum atomic E-state index is 12.5. The summed E-state index contributed by atoms with van der Waals surface area (Å²) in [6.07, 6.45) is 2.49. The zero-order valence-corrected chi connectivity index (χ0v) is 16.7. The average Bonchev–Trinajstić information content (AvgIpc) is 2.93. The third-order valence-electron chi connectivity index (χ3n) is 5.10. The summed E-state index contributed by atoms with van der Waals surface area (Å²) >= 11 is 0. The molecule has 0 fully saturated rings. The average molecular weight is 415 g/mol. The highest BCUT2D eigenvalue weighted by Crippen LogP contribution is 2.23. The third kappa shape index (κ3) is 4.58. The van der Waals surface area contributed by atoms with Gasteiger partial charge in [-0.15, -0.1) is 12.4 Å². The van der Waals surface area contributed by atoms with E-state index in [9.17, 15) is 9.59 Å². The van der Waals surface area contributed by atoms with Crippen LogP contribution in [0.15, 0.2) is 47.3 Å². The fourth-order valence-corrected chi connectivity index (χ4v) is 3.60. The van der Waals surface area contributed by atoms with E-state index in [-0.39, 0.29) is 24.5 Å². The number of carboxylic acid groups (broad SMARTS) is 1. The second-order valence-corrected chi connectivity index (χ2v) is 6.98. The molecule has 7 nitrogen and oxygen atoms in total. The highest BCUT2D eigenvalue weighted by molar-refractivity contribution is 5.85. The summed E-state index contributed by atoms with van der Waals surface area (Å²) in [7, 11) is 0. The van der Waals surface area contributed by atoms with Crippen molar-refractivity contribution >= 4 is 18.4 Å². The number of hydrogen-bond acceptors (Lipinski definition) is 4. The Bertz CT molecular complexity index is 1060. The Morgan fingerprint density at radius 1 is 1.07 bits per heavy atom. The maximum Gasteiger partial charge on any atom is 0.348 e. The van der Waals surface area contributed by atoms with E-state index < -0.39 is 5.97 Å². The fourth-order valence-electron chi connectivity index (χ4n) is 3.60. The number of H-pyrrole nitrogens is 1. The Morgan fingerprint density at radius 3 is 2.52 bits per heavy atom. The molecule has 0 spiro atoms. The van der Waals surface area contributed by atoms with Gasteiger partial charge in [-0.25, -0.2) is 14.5 Å². The molecule has 4 rings (SSSR count). The standard InChI is InChI=1S/C21H22N4O3.ClH/c26-19(27)8-3-14-1-4-16(5-2-14)20-23-24-21(28)25(20)18-7-6-15-9-11-22-12-10-17(15)13-18;/h1-2,4-7,13,22H,3,8-12H2,(H,24,28)(H,26,27);1H. The summed E-state index contributed by atoms with van der Waals surface area (Å²) in [5.74, 6) is -0.273. The van der Waals surface area contributed by atoms with E-state index in [4.69, 9.17) is 5.11 Å². The number of hydrogen-bond donors (Lipinski definition) is 3. The van der Waals surface area contributed by atoms with E-state index in [0.29, 0.717) is 12.2 Å². The minimum absolute atomic E-state index is 0. The van der Waals surface area contributed by atoms with Gasteiger partial charge in [0.2, 0.25) is 0 Å². The minimum atomic E-state index is -0.816. The number of nitrogens with one attached hydrogen (secondary N) is 2. The third-order valence-corrected chi connectivity index (χ3v) is 5.10. The van der Waals surface area contributed by atoms with Crippen LogP contribution in [0.25, 0.3) is 17.1 Å². The minimum Gasteiger partial charge on any atom is -0.481 e. The van der Waals surface area contributed by atoms with E-state index in [2.05, 4.69) is 27.6 Å². The van der Waals surface area contributed by atoms with Crippen molar-refractivity contribution in [3.63, 3.8) is 0 Å². The van der Waals surface area contributed by atoms with Crippen LogP contribution < -0.4 is 11.0 Å². The Balaban J connectivity index is 0.00000240. The molecular weight excluding hydrogens is 392 g/mol. The number of aliphatic carboxylic acids is 1. The monoisotopic (exact) mass is 414 g/mol. The molecule has 29 heavy (non-hydrogen) atoms. The molecule has 0 atom stereocenters. The number of aromatic nitrogens is 3. The molecule has 0 saturated carbocycles. The van der Waals surface area contributed by atoms with Gasteiger partial charge in [-0.2, -0.15) is 5.10 Å². The van der Waals surface area contributed by atoms with Gasteiger partial charge in [0, 0.05) is 12.0 Å². The largest absolute Gasteiger partial charge is 0.481 e. The van der Waals surface area contributed by atoms with Crippen LogP contribution >= 0.6 is 12.4 Å². The number of aryl methyl sites for hydroxylation is 1. The molecule has 3 aromatic rings. The van der Waals surface area contributed by atoms with E-state index in [0.717, 1.165) is 42.7 Å². The van der Waals surface area contributed by atoms with E-state index >= 15 is 0 Å². The summed E-state index contributed by atoms with van der Waals surface area (Å²) in [5, 5.41) is 19.0. The Kier molecular flexibility index (Phi) is 6.51. The molecule has 2 aromatic carbocycles. The van der Waals surface area contributed by atoms with Crippen LogP contribution in [0.1, 0.15) is 23.1 Å². The number of aromatic amines is 1. The van der Waals surface area contributed by atoms with Crippen molar-refractivity contribution in [3.05, 3.63) is 69.6 Å². The molecular formula is C21H23ClN4O3. The molecule has 152 valence electrons. The molecule has 0 saturated heterocycles. The highest BCUT2D eigenvalue weighted by atomic mass is 35.5. The lowest BCUT2D eigenvalue weighted by atomic mass is 10.0. The predicted molar refractivity (Wildman–Crippen MR) is 113 cm³/mol. The molecule has 0 bridgehead atoms. The second kappa shape index (κ2) is 9.07. The first-order chi connectivity index (χ1) is 13.6. The van der Waals surface area contributed by atoms with Gasteiger partial charge in [0.05, 0.1) is 5.69 Å². The first kappa shape index (κ1) is 20.8. The topological polar surface area (TPSA) is 100 Å². The molecule has 1 aromatic heterocycles. The summed E-state index contributed by atoms with van der Waals surface area (Å²) in [5.41, 5.74) is 4.82. The lowest BCUT2D eigenvalue weighted by molar-refractivity contribution is -0.136. The molecule has 1 aliphatic rings. The van der Waals surface area contributed by atoms with Gasteiger partial charge in [0.15, 0.2) is 5.82 Å². The first-order valence-electron chi connectivity index (χ1n) is 9.43. The number of benzene rings is 2. The van der Waals surface area contributed by atoms with Crippen LogP contribution in [-0.4, -0.2) is 38.9 Å². The summed E-state index contributed by atoms with van der Waals surface area (Å²) in [6.45, 7) is 1.90. The molecule has 0 unspecified atom stereocenters. The normalized spacial score (nSPS) is 13.2. The number of nitrogens with zero attached hydrogens (tertiary/aromatic N) is 2. The Hall–Kier alpha value is -2.90. The number of halogens is 1. The van der Waals surface area contributed by atoms with Crippen molar-refractivity contribution < 1.29 is 9.90 Å². The summed E-state index contributed by atoms with van der Waals surface area (Å²) in [4.78, 5) is 23.2. The van der Waals surface area contributed by atoms with Crippen molar-refractivity contribution in [1.29, 1.82) is 0 Å². The number of fused-ring (bicyclic) bond motifs is 1. The molecule has 0 aliphatic carbocycles. The molecule has 0 amide bonds. The molecule has 3 N–H and O–H groups in total. The van der Waals surface area contributed by atoms with Gasteiger partial charge in [-0.1, -0.05) is 30.3 Å². The Morgan fingerprint density at radius 2 is 1.79 bits per heavy atom. The number of carbonyl (C=O) groups is 1. The van der Waals surface area contributed by atoms with Crippen molar-refractivity contribution in [2.45, 2.75) is 25.7 Å². The molecule has 1 aliphatic heterocycles. The first-order valence-corrected chi connectivity index (χ1v) is 9.43. The van der Waals surface area contributed by atoms with Gasteiger partial charge in [0.25, 0.3) is 0 Å². The summed E-state index contributed by atoms with van der Waals surface area (Å²) in [6, 6.07) is 13.6. The van der Waals surface area contributed by atoms with Crippen molar-refractivity contribution in [2.75, 3.05) is 13.1 Å². The quantitative estimate of drug-likeness (QED) is 0.595. The smallest absolute Gasteiger partial charge is 0.348 e. The van der Waals surface area contributed by atoms with E-state index in [1.165, 1.54) is 11.1 Å². The predicted octanol–water partition coefficient (Wildman–Crippen LogP) is 2.35. The van der Waals surface area contributed by atoms with Gasteiger partial charge in [-0.05, 0) is 61.2 Å². The lowest BCUT2D eigenvalue weighted by Crippen LogP contribution is -2.16. The van der Waals surface area contributed by atoms with Crippen LogP contribution in [0.3, 0.4) is 0 Å². The van der Waals surface area contributed by atoms with Crippen LogP contribution in [-0.2, 0) is 24.1 Å². The lowest BCUT2D eigenvalue weighted by Gasteiger charge is -2.11. The van der Waals surface area contributed by atoms with Gasteiger partial charge < -0.3 is 10.4 Å². The Labute approximate surface area is 174 Å². The highest BCUT2D eigenvalue weighted by Gasteiger charge is 2.15. The van der Waals surface area contributed by atoms with E-state index in [1.807, 2.05) is 30.3 Å². The molecule has 0 radical (unpaired) electrons. The maximum absolute atomic E-state index is 12.5. The zero-order valence-electron chi connectivity index (χ0n) is 15.9. The van der Waals surface area contributed by atoms with Crippen LogP contribution in [0, 0.1) is 0 Å². The molecule has 8 heteroatoms. The van der Waals surface area contributed by atoms with Crippen molar-refractivity contribution in [3.8, 4) is 17.1 Å². The van der Waals surface area contributed by atoms with E-state index in [1.54, 1.807) is 4.57 Å². The summed E-state index contributed by atoms with van der Waals surface area (Å²) < 4.78 is 1.59. The van der Waals surface area contributed by atoms with Crippen LogP contribution in [0.5, 0.6) is 0 Å². The zero-order chi connectivity index (χ0) is 19.5. The SMILES string of the molecule is Cl.O=C(O)CCc1ccc(-c2n[nH]c(=O)n2-c2ccc3c(c2)CCNCC3)cc1. The second-order valence-electron chi connectivity index (χ2n) is 6.98. The van der Waals surface area contributed by atoms with Crippen molar-refractivity contribution in [1.82, 2.24) is 20.1 Å². The van der Waals surface area contributed by atoms with Gasteiger partial charge in [-0.3, -0.25) is 4.79 Å². The number of carboxylic acids is 1.